The van der Waals surface area contributed by atoms with E-state index in [0.29, 0.717) is 11.5 Å². The Kier molecular flexibility index (Phi) is 4.51. The molecule has 0 spiro atoms. The first-order chi connectivity index (χ1) is 11.5. The molecule has 0 bridgehead atoms. The fraction of sp³-hybridized carbons (Fsp3) is 0.167. The zero-order valence-corrected chi connectivity index (χ0v) is 14.2. The van der Waals surface area contributed by atoms with E-state index in [-0.39, 0.29) is 4.90 Å². The Hall–Kier alpha value is -2.44. The van der Waals surface area contributed by atoms with E-state index in [2.05, 4.69) is 9.71 Å². The smallest absolute Gasteiger partial charge is 0.244 e. The van der Waals surface area contributed by atoms with Crippen molar-refractivity contribution >= 4 is 10.0 Å². The predicted octanol–water partition coefficient (Wildman–Crippen LogP) is 3.36. The normalized spacial score (nSPS) is 12.9. The van der Waals surface area contributed by atoms with Crippen molar-refractivity contribution < 1.29 is 12.8 Å². The van der Waals surface area contributed by atoms with E-state index in [1.54, 1.807) is 32.3 Å². The van der Waals surface area contributed by atoms with Crippen molar-refractivity contribution in [1.29, 1.82) is 0 Å². The van der Waals surface area contributed by atoms with Gasteiger partial charge in [-0.2, -0.15) is 4.72 Å². The first kappa shape index (κ1) is 16.4. The van der Waals surface area contributed by atoms with E-state index in [1.807, 2.05) is 36.4 Å². The van der Waals surface area contributed by atoms with Gasteiger partial charge in [0.1, 0.15) is 16.4 Å². The third-order valence-electron chi connectivity index (χ3n) is 3.71. The molecule has 0 fully saturated rings. The summed E-state index contributed by atoms with van der Waals surface area (Å²) in [6.07, 6.45) is 3.32. The first-order valence-corrected chi connectivity index (χ1v) is 9.00. The van der Waals surface area contributed by atoms with Crippen molar-refractivity contribution in [2.24, 2.45) is 0 Å². The Labute approximate surface area is 141 Å². The van der Waals surface area contributed by atoms with Gasteiger partial charge in [-0.3, -0.25) is 4.98 Å². The van der Waals surface area contributed by atoms with Crippen LogP contribution in [-0.2, 0) is 10.0 Å². The van der Waals surface area contributed by atoms with E-state index < -0.39 is 16.1 Å². The van der Waals surface area contributed by atoms with Gasteiger partial charge in [-0.15, -0.1) is 0 Å². The maximum atomic E-state index is 12.8. The fourth-order valence-electron chi connectivity index (χ4n) is 2.61. The quantitative estimate of drug-likeness (QED) is 0.772. The van der Waals surface area contributed by atoms with Crippen LogP contribution in [0, 0.1) is 13.8 Å². The molecule has 0 unspecified atom stereocenters. The second-order valence-corrected chi connectivity index (χ2v) is 7.21. The number of nitrogens with one attached hydrogen (secondary N) is 1. The maximum absolute atomic E-state index is 12.8. The maximum Gasteiger partial charge on any atom is 0.244 e. The zero-order chi connectivity index (χ0) is 17.2. The van der Waals surface area contributed by atoms with Crippen molar-refractivity contribution in [2.75, 3.05) is 0 Å². The third kappa shape index (κ3) is 3.39. The second-order valence-electron chi connectivity index (χ2n) is 5.53. The largest absolute Gasteiger partial charge is 0.465 e. The summed E-state index contributed by atoms with van der Waals surface area (Å²) in [6.45, 7) is 3.37. The van der Waals surface area contributed by atoms with Gasteiger partial charge in [0.2, 0.25) is 10.0 Å². The average Bonchev–Trinajstić information content (AvgIpc) is 2.94. The second kappa shape index (κ2) is 6.59. The van der Waals surface area contributed by atoms with Gasteiger partial charge in [0, 0.05) is 12.4 Å². The van der Waals surface area contributed by atoms with Crippen molar-refractivity contribution in [3.63, 3.8) is 0 Å². The van der Waals surface area contributed by atoms with Crippen molar-refractivity contribution in [3.8, 4) is 0 Å². The number of hydrogen-bond acceptors (Lipinski definition) is 4. The number of aryl methyl sites for hydroxylation is 2. The number of nitrogens with zero attached hydrogens (tertiary/aromatic N) is 1. The number of benzene rings is 1. The number of furan rings is 1. The van der Waals surface area contributed by atoms with E-state index in [1.165, 1.54) is 6.07 Å². The molecule has 1 atom stereocenters. The molecule has 6 heteroatoms. The van der Waals surface area contributed by atoms with Gasteiger partial charge in [-0.25, -0.2) is 8.42 Å². The lowest BCUT2D eigenvalue weighted by Crippen LogP contribution is -2.29. The number of hydrogen-bond donors (Lipinski definition) is 1. The summed E-state index contributed by atoms with van der Waals surface area (Å²) >= 11 is 0. The van der Waals surface area contributed by atoms with Crippen molar-refractivity contribution in [3.05, 3.63) is 83.6 Å². The van der Waals surface area contributed by atoms with Crippen LogP contribution in [0.1, 0.15) is 28.7 Å². The molecule has 5 nitrogen and oxygen atoms in total. The number of rotatable bonds is 5. The lowest BCUT2D eigenvalue weighted by molar-refractivity contribution is 0.495. The molecule has 0 aliphatic carbocycles. The lowest BCUT2D eigenvalue weighted by atomic mass is 10.0. The van der Waals surface area contributed by atoms with E-state index in [4.69, 9.17) is 4.42 Å². The number of aromatic nitrogens is 1. The number of sulfonamides is 1. The summed E-state index contributed by atoms with van der Waals surface area (Å²) in [5, 5.41) is 0. The zero-order valence-electron chi connectivity index (χ0n) is 13.4. The molecular formula is C18H18N2O3S. The molecule has 0 amide bonds. The Balaban J connectivity index is 2.03. The summed E-state index contributed by atoms with van der Waals surface area (Å²) in [6, 6.07) is 14.0. The van der Waals surface area contributed by atoms with Gasteiger partial charge in [0.15, 0.2) is 0 Å². The highest BCUT2D eigenvalue weighted by molar-refractivity contribution is 7.89. The van der Waals surface area contributed by atoms with Crippen molar-refractivity contribution in [2.45, 2.75) is 24.8 Å². The molecule has 1 aromatic carbocycles. The first-order valence-electron chi connectivity index (χ1n) is 7.51. The molecule has 3 aromatic rings. The molecule has 0 aliphatic rings. The summed E-state index contributed by atoms with van der Waals surface area (Å²) in [5.74, 6) is 0.934. The van der Waals surface area contributed by atoms with Gasteiger partial charge < -0.3 is 4.42 Å². The molecule has 24 heavy (non-hydrogen) atoms. The minimum Gasteiger partial charge on any atom is -0.465 e. The van der Waals surface area contributed by atoms with Crippen LogP contribution >= 0.6 is 0 Å². The lowest BCUT2D eigenvalue weighted by Gasteiger charge is -2.19. The van der Waals surface area contributed by atoms with Crippen LogP contribution in [0.5, 0.6) is 0 Å². The molecular weight excluding hydrogens is 324 g/mol. The predicted molar refractivity (Wildman–Crippen MR) is 91.0 cm³/mol. The van der Waals surface area contributed by atoms with Gasteiger partial charge in [-0.1, -0.05) is 36.4 Å². The SMILES string of the molecule is Cc1cc(S(=O)(=O)N[C@H](c2ccccc2)c2cccnc2)c(C)o1. The van der Waals surface area contributed by atoms with Crippen LogP contribution in [0.15, 0.2) is 70.2 Å². The summed E-state index contributed by atoms with van der Waals surface area (Å²) in [4.78, 5) is 4.26. The molecule has 2 aromatic heterocycles. The molecule has 124 valence electrons. The van der Waals surface area contributed by atoms with Crippen LogP contribution in [0.25, 0.3) is 0 Å². The van der Waals surface area contributed by atoms with E-state index in [0.717, 1.165) is 11.1 Å². The summed E-state index contributed by atoms with van der Waals surface area (Å²) < 4.78 is 33.8. The average molecular weight is 342 g/mol. The Bertz CT molecular complexity index is 880. The minimum atomic E-state index is -3.74. The highest BCUT2D eigenvalue weighted by Crippen LogP contribution is 2.26. The fourth-order valence-corrected chi connectivity index (χ4v) is 4.06. The molecule has 0 saturated carbocycles. The van der Waals surface area contributed by atoms with Crippen LogP contribution in [-0.4, -0.2) is 13.4 Å². The van der Waals surface area contributed by atoms with Gasteiger partial charge in [-0.05, 0) is 37.1 Å². The van der Waals surface area contributed by atoms with Gasteiger partial charge in [0.05, 0.1) is 6.04 Å². The Morgan fingerprint density at radius 1 is 1.04 bits per heavy atom. The Morgan fingerprint density at radius 2 is 1.75 bits per heavy atom. The highest BCUT2D eigenvalue weighted by Gasteiger charge is 2.26. The van der Waals surface area contributed by atoms with Gasteiger partial charge >= 0.3 is 0 Å². The Morgan fingerprint density at radius 3 is 2.33 bits per heavy atom. The number of pyridine rings is 1. The molecule has 3 rings (SSSR count). The third-order valence-corrected chi connectivity index (χ3v) is 5.24. The van der Waals surface area contributed by atoms with E-state index >= 15 is 0 Å². The van der Waals surface area contributed by atoms with Gasteiger partial charge in [0.25, 0.3) is 0 Å². The highest BCUT2D eigenvalue weighted by atomic mass is 32.2. The molecule has 0 saturated heterocycles. The van der Waals surface area contributed by atoms with Crippen molar-refractivity contribution in [1.82, 2.24) is 9.71 Å². The molecule has 0 radical (unpaired) electrons. The molecule has 0 aliphatic heterocycles. The summed E-state index contributed by atoms with van der Waals surface area (Å²) in [5.41, 5.74) is 1.61. The minimum absolute atomic E-state index is 0.157. The van der Waals surface area contributed by atoms with Crippen LogP contribution in [0.2, 0.25) is 0 Å². The topological polar surface area (TPSA) is 72.2 Å². The van der Waals surface area contributed by atoms with Crippen LogP contribution in [0.3, 0.4) is 0 Å². The van der Waals surface area contributed by atoms with Crippen LogP contribution in [0.4, 0.5) is 0 Å². The molecule has 1 N–H and O–H groups in total. The molecule has 2 heterocycles. The van der Waals surface area contributed by atoms with E-state index in [9.17, 15) is 8.42 Å². The van der Waals surface area contributed by atoms with Crippen LogP contribution < -0.4 is 4.72 Å². The monoisotopic (exact) mass is 342 g/mol. The summed E-state index contributed by atoms with van der Waals surface area (Å²) in [7, 11) is -3.74. The standard InChI is InChI=1S/C18H18N2O3S/c1-13-11-17(14(2)23-13)24(21,22)20-18(15-7-4-3-5-8-15)16-9-6-10-19-12-16/h3-12,18,20H,1-2H3/t18-/m1/s1.